The van der Waals surface area contributed by atoms with E-state index in [0.717, 1.165) is 4.34 Å². The Hall–Kier alpha value is -0.220. The zero-order chi connectivity index (χ0) is 10.7. The van der Waals surface area contributed by atoms with Gasteiger partial charge in [0.1, 0.15) is 0 Å². The fraction of sp³-hybridized carbons (Fsp3) is 0.0909. The van der Waals surface area contributed by atoms with Crippen molar-refractivity contribution in [3.05, 3.63) is 38.4 Å². The molecule has 2 rings (SSSR count). The van der Waals surface area contributed by atoms with Crippen molar-refractivity contribution in [2.45, 2.75) is 4.21 Å². The molecule has 0 aliphatic heterocycles. The monoisotopic (exact) mass is 272 g/mol. The fourth-order valence-electron chi connectivity index (χ4n) is 1.13. The Bertz CT molecular complexity index is 468. The average molecular weight is 273 g/mol. The molecular formula is C11H9ClS3. The van der Waals surface area contributed by atoms with Crippen LogP contribution in [0.1, 0.15) is 11.1 Å². The Morgan fingerprint density at radius 3 is 2.33 bits per heavy atom. The highest BCUT2D eigenvalue weighted by Gasteiger charge is 1.96. The smallest absolute Gasteiger partial charge is 0.0934 e. The van der Waals surface area contributed by atoms with E-state index in [9.17, 15) is 0 Å². The zero-order valence-electron chi connectivity index (χ0n) is 8.07. The summed E-state index contributed by atoms with van der Waals surface area (Å²) >= 11 is 11.0. The molecule has 0 fully saturated rings. The summed E-state index contributed by atoms with van der Waals surface area (Å²) in [5.74, 6) is 0. The lowest BCUT2D eigenvalue weighted by atomic mass is 10.2. The lowest BCUT2D eigenvalue weighted by molar-refractivity contribution is 1.71. The van der Waals surface area contributed by atoms with Crippen LogP contribution in [0.25, 0.3) is 12.2 Å². The van der Waals surface area contributed by atoms with Crippen molar-refractivity contribution >= 4 is 58.2 Å². The first-order valence-electron chi connectivity index (χ1n) is 4.32. The van der Waals surface area contributed by atoms with Gasteiger partial charge < -0.3 is 0 Å². The largest absolute Gasteiger partial charge is 0.137 e. The maximum absolute atomic E-state index is 5.85. The van der Waals surface area contributed by atoms with Crippen LogP contribution in [-0.4, -0.2) is 6.26 Å². The molecule has 0 unspecified atom stereocenters. The summed E-state index contributed by atoms with van der Waals surface area (Å²) in [5, 5.41) is 4.22. The highest BCUT2D eigenvalue weighted by molar-refractivity contribution is 8.00. The van der Waals surface area contributed by atoms with Gasteiger partial charge in [0.25, 0.3) is 0 Å². The Labute approximate surface area is 107 Å². The van der Waals surface area contributed by atoms with Crippen LogP contribution in [0.5, 0.6) is 0 Å². The molecule has 2 aromatic heterocycles. The first kappa shape index (κ1) is 11.3. The number of hydrogen-bond acceptors (Lipinski definition) is 3. The number of thioether (sulfide) groups is 1. The van der Waals surface area contributed by atoms with E-state index in [1.165, 1.54) is 15.3 Å². The van der Waals surface area contributed by atoms with Crippen LogP contribution in [0.3, 0.4) is 0 Å². The van der Waals surface area contributed by atoms with Gasteiger partial charge in [-0.1, -0.05) is 23.8 Å². The number of rotatable bonds is 3. The molecule has 0 bridgehead atoms. The number of hydrogen-bond donors (Lipinski definition) is 0. The molecule has 0 aromatic carbocycles. The van der Waals surface area contributed by atoms with Crippen molar-refractivity contribution in [2.75, 3.05) is 6.26 Å². The van der Waals surface area contributed by atoms with Gasteiger partial charge in [-0.25, -0.2) is 0 Å². The molecule has 2 heterocycles. The SMILES string of the molecule is CSc1cc(/C=C\c2csc(Cl)c2)cs1. The molecule has 15 heavy (non-hydrogen) atoms. The molecule has 2 aromatic rings. The highest BCUT2D eigenvalue weighted by Crippen LogP contribution is 2.26. The van der Waals surface area contributed by atoms with Crippen molar-refractivity contribution < 1.29 is 0 Å². The van der Waals surface area contributed by atoms with E-state index < -0.39 is 0 Å². The average Bonchev–Trinajstić information content (AvgIpc) is 2.83. The topological polar surface area (TPSA) is 0 Å². The van der Waals surface area contributed by atoms with Crippen molar-refractivity contribution in [3.8, 4) is 0 Å². The second kappa shape index (κ2) is 5.21. The summed E-state index contributed by atoms with van der Waals surface area (Å²) in [6.07, 6.45) is 6.31. The second-order valence-electron chi connectivity index (χ2n) is 2.92. The summed E-state index contributed by atoms with van der Waals surface area (Å²) in [6.45, 7) is 0. The second-order valence-corrected chi connectivity index (χ2v) is 6.48. The molecule has 0 radical (unpaired) electrons. The number of thiophene rings is 2. The first-order chi connectivity index (χ1) is 7.28. The van der Waals surface area contributed by atoms with Crippen LogP contribution in [-0.2, 0) is 0 Å². The normalized spacial score (nSPS) is 11.3. The minimum Gasteiger partial charge on any atom is -0.137 e. The minimum atomic E-state index is 0.838. The molecule has 4 heteroatoms. The van der Waals surface area contributed by atoms with Crippen LogP contribution in [0.15, 0.2) is 27.1 Å². The van der Waals surface area contributed by atoms with Crippen molar-refractivity contribution in [3.63, 3.8) is 0 Å². The summed E-state index contributed by atoms with van der Waals surface area (Å²) in [7, 11) is 0. The van der Waals surface area contributed by atoms with E-state index in [2.05, 4.69) is 35.2 Å². The molecule has 0 spiro atoms. The van der Waals surface area contributed by atoms with Gasteiger partial charge in [0.15, 0.2) is 0 Å². The highest BCUT2D eigenvalue weighted by atomic mass is 35.5. The van der Waals surface area contributed by atoms with Crippen LogP contribution in [0.4, 0.5) is 0 Å². The maximum Gasteiger partial charge on any atom is 0.0934 e. The molecule has 0 aliphatic rings. The van der Waals surface area contributed by atoms with Crippen LogP contribution >= 0.6 is 46.0 Å². The van der Waals surface area contributed by atoms with E-state index in [4.69, 9.17) is 11.6 Å². The minimum absolute atomic E-state index is 0.838. The van der Waals surface area contributed by atoms with Gasteiger partial charge in [0, 0.05) is 0 Å². The van der Waals surface area contributed by atoms with E-state index in [0.29, 0.717) is 0 Å². The van der Waals surface area contributed by atoms with Crippen LogP contribution in [0, 0.1) is 0 Å². The Balaban J connectivity index is 2.11. The number of halogens is 1. The molecule has 0 saturated heterocycles. The molecular weight excluding hydrogens is 264 g/mol. The van der Waals surface area contributed by atoms with Gasteiger partial charge in [0.05, 0.1) is 8.55 Å². The van der Waals surface area contributed by atoms with Crippen molar-refractivity contribution in [1.29, 1.82) is 0 Å². The third-order valence-electron chi connectivity index (χ3n) is 1.85. The lowest BCUT2D eigenvalue weighted by Crippen LogP contribution is -1.62. The maximum atomic E-state index is 5.85. The van der Waals surface area contributed by atoms with Gasteiger partial charge >= 0.3 is 0 Å². The third-order valence-corrected chi connectivity index (χ3v) is 5.01. The molecule has 0 N–H and O–H groups in total. The van der Waals surface area contributed by atoms with E-state index >= 15 is 0 Å². The van der Waals surface area contributed by atoms with Crippen LogP contribution in [0.2, 0.25) is 4.34 Å². The summed E-state index contributed by atoms with van der Waals surface area (Å²) < 4.78 is 2.18. The van der Waals surface area contributed by atoms with Gasteiger partial charge in [0.2, 0.25) is 0 Å². The summed E-state index contributed by atoms with van der Waals surface area (Å²) in [6, 6.07) is 4.17. The fourth-order valence-corrected chi connectivity index (χ4v) is 3.37. The first-order valence-corrected chi connectivity index (χ1v) is 7.69. The predicted octanol–water partition coefficient (Wildman–Crippen LogP) is 5.36. The standard InChI is InChI=1S/C11H9ClS3/c1-13-11-5-9(7-15-11)3-2-8-4-10(12)14-6-8/h2-7H,1H3/b3-2-. The van der Waals surface area contributed by atoms with Crippen molar-refractivity contribution in [2.24, 2.45) is 0 Å². The van der Waals surface area contributed by atoms with Crippen LogP contribution < -0.4 is 0 Å². The van der Waals surface area contributed by atoms with Gasteiger partial charge in [-0.3, -0.25) is 0 Å². The summed E-state index contributed by atoms with van der Waals surface area (Å²) in [5.41, 5.74) is 2.42. The third kappa shape index (κ3) is 3.11. The Morgan fingerprint density at radius 2 is 1.80 bits per heavy atom. The summed E-state index contributed by atoms with van der Waals surface area (Å²) in [4.78, 5) is 0. The predicted molar refractivity (Wildman–Crippen MR) is 74.4 cm³/mol. The van der Waals surface area contributed by atoms with E-state index in [1.807, 2.05) is 6.07 Å². The lowest BCUT2D eigenvalue weighted by Gasteiger charge is -1.84. The van der Waals surface area contributed by atoms with Gasteiger partial charge in [-0.2, -0.15) is 0 Å². The quantitative estimate of drug-likeness (QED) is 0.678. The molecule has 0 aliphatic carbocycles. The molecule has 0 amide bonds. The zero-order valence-corrected chi connectivity index (χ0v) is 11.3. The van der Waals surface area contributed by atoms with Crippen molar-refractivity contribution in [1.82, 2.24) is 0 Å². The molecule has 78 valence electrons. The molecule has 0 atom stereocenters. The Kier molecular flexibility index (Phi) is 3.92. The van der Waals surface area contributed by atoms with Gasteiger partial charge in [-0.05, 0) is 40.3 Å². The van der Waals surface area contributed by atoms with E-state index in [1.54, 1.807) is 34.4 Å². The molecule has 0 saturated carbocycles. The Morgan fingerprint density at radius 1 is 1.13 bits per heavy atom. The van der Waals surface area contributed by atoms with Gasteiger partial charge in [-0.15, -0.1) is 34.4 Å². The van der Waals surface area contributed by atoms with E-state index in [-0.39, 0.29) is 0 Å². The molecule has 0 nitrogen and oxygen atoms in total.